The lowest BCUT2D eigenvalue weighted by molar-refractivity contribution is -0.149. The van der Waals surface area contributed by atoms with Crippen molar-refractivity contribution in [2.45, 2.75) is 13.5 Å². The average molecular weight is 354 g/mol. The van der Waals surface area contributed by atoms with E-state index in [9.17, 15) is 14.7 Å². The van der Waals surface area contributed by atoms with Gasteiger partial charge < -0.3 is 10.0 Å². The number of carboxylic acids is 1. The highest BCUT2D eigenvalue weighted by Gasteiger charge is 2.58. The van der Waals surface area contributed by atoms with Crippen molar-refractivity contribution in [2.75, 3.05) is 26.2 Å². The van der Waals surface area contributed by atoms with Gasteiger partial charge in [-0.05, 0) is 18.2 Å². The maximum Gasteiger partial charge on any atom is 0.313 e. The molecule has 3 heterocycles. The summed E-state index contributed by atoms with van der Waals surface area (Å²) >= 11 is 0. The number of carboxylic acid groups (broad SMARTS) is 1. The second-order valence-electron chi connectivity index (χ2n) is 7.30. The van der Waals surface area contributed by atoms with Crippen molar-refractivity contribution in [3.05, 3.63) is 48.3 Å². The van der Waals surface area contributed by atoms with E-state index in [-0.39, 0.29) is 11.8 Å². The number of aromatic nitrogens is 2. The van der Waals surface area contributed by atoms with E-state index in [0.29, 0.717) is 32.7 Å². The van der Waals surface area contributed by atoms with Crippen LogP contribution in [0.25, 0.3) is 5.69 Å². The summed E-state index contributed by atoms with van der Waals surface area (Å²) in [5, 5.41) is 14.3. The number of para-hydroxylation sites is 1. The van der Waals surface area contributed by atoms with Gasteiger partial charge >= 0.3 is 5.97 Å². The fourth-order valence-corrected chi connectivity index (χ4v) is 4.31. The number of benzene rings is 1. The Morgan fingerprint density at radius 2 is 1.96 bits per heavy atom. The molecular weight excluding hydrogens is 332 g/mol. The van der Waals surface area contributed by atoms with Crippen LogP contribution in [0.1, 0.15) is 12.6 Å². The number of nitrogens with zero attached hydrogens (tertiary/aromatic N) is 4. The summed E-state index contributed by atoms with van der Waals surface area (Å²) in [6.07, 6.45) is 1.77. The maximum atomic E-state index is 12.0. The predicted molar refractivity (Wildman–Crippen MR) is 94.7 cm³/mol. The molecule has 0 saturated carbocycles. The fraction of sp³-hybridized carbons (Fsp3) is 0.421. The van der Waals surface area contributed by atoms with Crippen molar-refractivity contribution in [3.8, 4) is 5.69 Å². The van der Waals surface area contributed by atoms with Gasteiger partial charge in [-0.1, -0.05) is 18.2 Å². The lowest BCUT2D eigenvalue weighted by Gasteiger charge is -2.25. The third-order valence-corrected chi connectivity index (χ3v) is 5.66. The van der Waals surface area contributed by atoms with Crippen LogP contribution in [0.15, 0.2) is 42.6 Å². The summed E-state index contributed by atoms with van der Waals surface area (Å²) in [7, 11) is 0. The maximum absolute atomic E-state index is 12.0. The Labute approximate surface area is 151 Å². The van der Waals surface area contributed by atoms with Crippen LogP contribution >= 0.6 is 0 Å². The van der Waals surface area contributed by atoms with Crippen molar-refractivity contribution in [1.82, 2.24) is 19.6 Å². The Morgan fingerprint density at radius 3 is 2.62 bits per heavy atom. The number of hydrogen-bond donors (Lipinski definition) is 1. The summed E-state index contributed by atoms with van der Waals surface area (Å²) in [5.74, 6) is -0.879. The zero-order chi connectivity index (χ0) is 18.3. The first-order chi connectivity index (χ1) is 12.5. The Kier molecular flexibility index (Phi) is 4.03. The molecule has 0 radical (unpaired) electrons. The molecule has 4 rings (SSSR count). The number of aliphatic carboxylic acids is 1. The molecule has 7 heteroatoms. The van der Waals surface area contributed by atoms with Crippen molar-refractivity contribution in [2.24, 2.45) is 11.3 Å². The van der Waals surface area contributed by atoms with Gasteiger partial charge in [0, 0.05) is 51.8 Å². The Morgan fingerprint density at radius 1 is 1.19 bits per heavy atom. The summed E-state index contributed by atoms with van der Waals surface area (Å²) in [6.45, 7) is 4.10. The molecule has 1 aromatic carbocycles. The van der Waals surface area contributed by atoms with Gasteiger partial charge in [0.25, 0.3) is 0 Å². The molecule has 1 N–H and O–H groups in total. The number of amides is 1. The SMILES string of the molecule is CC(=O)N1C[C@H]2CN(Cc3ccnn3-c3ccccc3)C[C@@]2(C(=O)O)C1. The first kappa shape index (κ1) is 16.8. The first-order valence-corrected chi connectivity index (χ1v) is 8.79. The molecule has 1 aromatic heterocycles. The van der Waals surface area contributed by atoms with Gasteiger partial charge in [0.15, 0.2) is 0 Å². The van der Waals surface area contributed by atoms with Gasteiger partial charge in [-0.2, -0.15) is 5.10 Å². The molecule has 0 aliphatic carbocycles. The van der Waals surface area contributed by atoms with Crippen molar-refractivity contribution in [3.63, 3.8) is 0 Å². The van der Waals surface area contributed by atoms with E-state index in [1.54, 1.807) is 11.1 Å². The van der Waals surface area contributed by atoms with Gasteiger partial charge in [-0.25, -0.2) is 4.68 Å². The topological polar surface area (TPSA) is 78.7 Å². The summed E-state index contributed by atoms with van der Waals surface area (Å²) in [5.41, 5.74) is 1.16. The monoisotopic (exact) mass is 354 g/mol. The largest absolute Gasteiger partial charge is 0.481 e. The van der Waals surface area contributed by atoms with Crippen molar-refractivity contribution < 1.29 is 14.7 Å². The lowest BCUT2D eigenvalue weighted by atomic mass is 9.81. The highest BCUT2D eigenvalue weighted by molar-refractivity contribution is 5.80. The molecule has 2 aromatic rings. The van der Waals surface area contributed by atoms with Gasteiger partial charge in [-0.15, -0.1) is 0 Å². The second-order valence-corrected chi connectivity index (χ2v) is 7.30. The van der Waals surface area contributed by atoms with Crippen molar-refractivity contribution >= 4 is 11.9 Å². The number of carbonyl (C=O) groups excluding carboxylic acids is 1. The van der Waals surface area contributed by atoms with E-state index in [1.165, 1.54) is 6.92 Å². The minimum Gasteiger partial charge on any atom is -0.481 e. The van der Waals surface area contributed by atoms with Gasteiger partial charge in [-0.3, -0.25) is 14.5 Å². The minimum absolute atomic E-state index is 0.0306. The van der Waals surface area contributed by atoms with Gasteiger partial charge in [0.05, 0.1) is 11.4 Å². The third-order valence-electron chi connectivity index (χ3n) is 5.66. The van der Waals surface area contributed by atoms with E-state index >= 15 is 0 Å². The molecule has 2 aliphatic heterocycles. The molecule has 2 saturated heterocycles. The minimum atomic E-state index is -0.858. The summed E-state index contributed by atoms with van der Waals surface area (Å²) in [4.78, 5) is 27.6. The molecule has 0 spiro atoms. The van der Waals surface area contributed by atoms with Crippen LogP contribution in [-0.4, -0.2) is 62.7 Å². The van der Waals surface area contributed by atoms with E-state index in [4.69, 9.17) is 0 Å². The van der Waals surface area contributed by atoms with Crippen LogP contribution in [0.2, 0.25) is 0 Å². The van der Waals surface area contributed by atoms with E-state index in [1.807, 2.05) is 41.1 Å². The van der Waals surface area contributed by atoms with E-state index in [0.717, 1.165) is 11.4 Å². The van der Waals surface area contributed by atoms with Crippen LogP contribution in [0.4, 0.5) is 0 Å². The molecule has 26 heavy (non-hydrogen) atoms. The number of rotatable bonds is 4. The average Bonchev–Trinajstić information content (AvgIpc) is 3.28. The molecule has 7 nitrogen and oxygen atoms in total. The standard InChI is InChI=1S/C19H22N4O3/c1-14(24)22-10-15-9-21(12-19(15,13-22)18(25)26)11-17-7-8-20-23(17)16-5-3-2-4-6-16/h2-8,15H,9-13H2,1H3,(H,25,26)/t15-,19-/m1/s1. The molecule has 0 unspecified atom stereocenters. The van der Waals surface area contributed by atoms with Crippen LogP contribution < -0.4 is 0 Å². The quantitative estimate of drug-likeness (QED) is 0.894. The number of likely N-dealkylation sites (tertiary alicyclic amines) is 2. The molecule has 2 aliphatic rings. The van der Waals surface area contributed by atoms with Crippen LogP contribution in [-0.2, 0) is 16.1 Å². The normalized spacial score (nSPS) is 25.4. The predicted octanol–water partition coefficient (Wildman–Crippen LogP) is 1.24. The Balaban J connectivity index is 1.54. The molecule has 1 amide bonds. The molecule has 2 atom stereocenters. The highest BCUT2D eigenvalue weighted by atomic mass is 16.4. The Hall–Kier alpha value is -2.67. The van der Waals surface area contributed by atoms with E-state index in [2.05, 4.69) is 10.00 Å². The molecular formula is C19H22N4O3. The summed E-state index contributed by atoms with van der Waals surface area (Å²) in [6, 6.07) is 11.9. The second kappa shape index (κ2) is 6.25. The summed E-state index contributed by atoms with van der Waals surface area (Å²) < 4.78 is 1.89. The Bertz CT molecular complexity index is 834. The van der Waals surface area contributed by atoms with Gasteiger partial charge in [0.2, 0.25) is 5.91 Å². The van der Waals surface area contributed by atoms with E-state index < -0.39 is 11.4 Å². The first-order valence-electron chi connectivity index (χ1n) is 8.79. The highest BCUT2D eigenvalue weighted by Crippen LogP contribution is 2.43. The number of fused-ring (bicyclic) bond motifs is 1. The van der Waals surface area contributed by atoms with Crippen LogP contribution in [0, 0.1) is 11.3 Å². The fourth-order valence-electron chi connectivity index (χ4n) is 4.31. The molecule has 0 bridgehead atoms. The smallest absolute Gasteiger partial charge is 0.313 e. The zero-order valence-corrected chi connectivity index (χ0v) is 14.7. The molecule has 2 fully saturated rings. The van der Waals surface area contributed by atoms with Gasteiger partial charge in [0.1, 0.15) is 5.41 Å². The lowest BCUT2D eigenvalue weighted by Crippen LogP contribution is -2.41. The van der Waals surface area contributed by atoms with Crippen molar-refractivity contribution in [1.29, 1.82) is 0 Å². The zero-order valence-electron chi connectivity index (χ0n) is 14.7. The van der Waals surface area contributed by atoms with Crippen LogP contribution in [0.5, 0.6) is 0 Å². The van der Waals surface area contributed by atoms with Crippen LogP contribution in [0.3, 0.4) is 0 Å². The third kappa shape index (κ3) is 2.68. The molecule has 136 valence electrons. The number of carbonyl (C=O) groups is 2. The number of hydrogen-bond acceptors (Lipinski definition) is 4.